The van der Waals surface area contributed by atoms with E-state index >= 15 is 0 Å². The van der Waals surface area contributed by atoms with E-state index in [0.29, 0.717) is 24.3 Å². The molecule has 3 rings (SSSR count). The van der Waals surface area contributed by atoms with E-state index in [0.717, 1.165) is 23.3 Å². The molecular weight excluding hydrogens is 324 g/mol. The smallest absolute Gasteiger partial charge is 0.170 e. The van der Waals surface area contributed by atoms with Gasteiger partial charge in [0.2, 0.25) is 0 Å². The first-order chi connectivity index (χ1) is 12.3. The number of hydrogen-bond donors (Lipinski definition) is 0. The Labute approximate surface area is 155 Å². The van der Waals surface area contributed by atoms with Crippen LogP contribution < -0.4 is 9.47 Å². The summed E-state index contributed by atoms with van der Waals surface area (Å²) in [7, 11) is 0. The molecule has 0 saturated heterocycles. The van der Waals surface area contributed by atoms with E-state index in [1.54, 1.807) is 0 Å². The molecular formula is C23H26O3. The van der Waals surface area contributed by atoms with Crippen LogP contribution in [0.15, 0.2) is 54.1 Å². The van der Waals surface area contributed by atoms with Crippen molar-refractivity contribution in [2.24, 2.45) is 0 Å². The molecule has 3 nitrogen and oxygen atoms in total. The molecule has 0 amide bonds. The zero-order valence-electron chi connectivity index (χ0n) is 16.0. The molecule has 3 heteroatoms. The fourth-order valence-corrected chi connectivity index (χ4v) is 3.06. The van der Waals surface area contributed by atoms with Crippen molar-refractivity contribution in [2.75, 3.05) is 0 Å². The molecule has 136 valence electrons. The second kappa shape index (κ2) is 7.36. The molecule has 0 aliphatic carbocycles. The van der Waals surface area contributed by atoms with E-state index in [1.165, 1.54) is 5.57 Å². The second-order valence-corrected chi connectivity index (χ2v) is 7.68. The van der Waals surface area contributed by atoms with Gasteiger partial charge < -0.3 is 9.47 Å². The highest BCUT2D eigenvalue weighted by molar-refractivity contribution is 6.00. The zero-order chi connectivity index (χ0) is 18.7. The fourth-order valence-electron chi connectivity index (χ4n) is 3.06. The predicted octanol–water partition coefficient (Wildman–Crippen LogP) is 5.52. The van der Waals surface area contributed by atoms with Gasteiger partial charge in [0.1, 0.15) is 23.7 Å². The number of rotatable bonds is 5. The van der Waals surface area contributed by atoms with Gasteiger partial charge in [-0.05, 0) is 51.8 Å². The topological polar surface area (TPSA) is 35.5 Å². The quantitative estimate of drug-likeness (QED) is 0.666. The van der Waals surface area contributed by atoms with Crippen LogP contribution in [0.5, 0.6) is 11.5 Å². The first-order valence-corrected chi connectivity index (χ1v) is 9.03. The molecule has 0 fully saturated rings. The Bertz CT molecular complexity index is 828. The van der Waals surface area contributed by atoms with Gasteiger partial charge in [-0.3, -0.25) is 4.79 Å². The minimum atomic E-state index is -0.468. The maximum atomic E-state index is 12.6. The summed E-state index contributed by atoms with van der Waals surface area (Å²) < 4.78 is 12.1. The average Bonchev–Trinajstić information content (AvgIpc) is 2.58. The minimum Gasteiger partial charge on any atom is -0.489 e. The van der Waals surface area contributed by atoms with Crippen molar-refractivity contribution in [1.82, 2.24) is 0 Å². The van der Waals surface area contributed by atoms with Gasteiger partial charge in [-0.25, -0.2) is 0 Å². The van der Waals surface area contributed by atoms with Crippen molar-refractivity contribution in [1.29, 1.82) is 0 Å². The van der Waals surface area contributed by atoms with Crippen molar-refractivity contribution in [3.05, 3.63) is 70.8 Å². The Kier molecular flexibility index (Phi) is 5.17. The zero-order valence-corrected chi connectivity index (χ0v) is 16.0. The summed E-state index contributed by atoms with van der Waals surface area (Å²) in [5.41, 5.74) is 3.53. The Hall–Kier alpha value is -2.55. The van der Waals surface area contributed by atoms with Crippen molar-refractivity contribution < 1.29 is 14.3 Å². The number of ether oxygens (including phenoxy) is 2. The van der Waals surface area contributed by atoms with Gasteiger partial charge in [0.25, 0.3) is 0 Å². The lowest BCUT2D eigenvalue weighted by Crippen LogP contribution is -2.36. The molecule has 26 heavy (non-hydrogen) atoms. The summed E-state index contributed by atoms with van der Waals surface area (Å²) in [5, 5.41) is 0. The summed E-state index contributed by atoms with van der Waals surface area (Å²) in [4.78, 5) is 12.6. The Morgan fingerprint density at radius 2 is 1.92 bits per heavy atom. The Morgan fingerprint density at radius 1 is 1.19 bits per heavy atom. The number of carbonyl (C=O) groups is 1. The molecule has 0 spiro atoms. The van der Waals surface area contributed by atoms with Gasteiger partial charge in [0.05, 0.1) is 12.0 Å². The normalized spacial score (nSPS) is 15.0. The van der Waals surface area contributed by atoms with Crippen LogP contribution in [0, 0.1) is 0 Å². The lowest BCUT2D eigenvalue weighted by molar-refractivity contribution is 0.0618. The molecule has 1 aliphatic rings. The molecule has 0 aromatic heterocycles. The number of allylic oxidation sites excluding steroid dienone is 2. The third-order valence-corrected chi connectivity index (χ3v) is 4.40. The van der Waals surface area contributed by atoms with E-state index in [-0.39, 0.29) is 5.78 Å². The van der Waals surface area contributed by atoms with E-state index in [4.69, 9.17) is 9.47 Å². The van der Waals surface area contributed by atoms with Crippen LogP contribution in [0.25, 0.3) is 0 Å². The molecule has 0 N–H and O–H groups in total. The van der Waals surface area contributed by atoms with Crippen LogP contribution >= 0.6 is 0 Å². The molecule has 0 bridgehead atoms. The molecule has 1 heterocycles. The van der Waals surface area contributed by atoms with Crippen LogP contribution in [0.4, 0.5) is 0 Å². The molecule has 2 aromatic carbocycles. The predicted molar refractivity (Wildman–Crippen MR) is 104 cm³/mol. The van der Waals surface area contributed by atoms with Gasteiger partial charge >= 0.3 is 0 Å². The number of carbonyl (C=O) groups excluding carboxylic acids is 1. The second-order valence-electron chi connectivity index (χ2n) is 7.68. The van der Waals surface area contributed by atoms with Gasteiger partial charge in [0, 0.05) is 5.56 Å². The number of fused-ring (bicyclic) bond motifs is 1. The number of hydrogen-bond acceptors (Lipinski definition) is 3. The highest BCUT2D eigenvalue weighted by atomic mass is 16.5. The average molecular weight is 350 g/mol. The maximum Gasteiger partial charge on any atom is 0.170 e. The molecule has 0 unspecified atom stereocenters. The third kappa shape index (κ3) is 4.34. The number of ketones is 1. The summed E-state index contributed by atoms with van der Waals surface area (Å²) in [6.07, 6.45) is 3.29. The largest absolute Gasteiger partial charge is 0.489 e. The van der Waals surface area contributed by atoms with Gasteiger partial charge in [-0.1, -0.05) is 42.0 Å². The monoisotopic (exact) mass is 350 g/mol. The van der Waals surface area contributed by atoms with E-state index in [1.807, 2.05) is 56.3 Å². The van der Waals surface area contributed by atoms with Gasteiger partial charge in [-0.2, -0.15) is 0 Å². The fraction of sp³-hybridized carbons (Fsp3) is 0.348. The van der Waals surface area contributed by atoms with Crippen LogP contribution in [-0.4, -0.2) is 11.4 Å². The summed E-state index contributed by atoms with van der Waals surface area (Å²) in [6, 6.07) is 13.9. The SMILES string of the molecule is CC(C)=CCc1cc2c(cc1OCc1ccccc1)C(=O)CC(C)(C)O2. The third-order valence-electron chi connectivity index (χ3n) is 4.40. The summed E-state index contributed by atoms with van der Waals surface area (Å²) in [5.74, 6) is 1.52. The van der Waals surface area contributed by atoms with E-state index < -0.39 is 5.60 Å². The van der Waals surface area contributed by atoms with Gasteiger partial charge in [-0.15, -0.1) is 0 Å². The van der Waals surface area contributed by atoms with Crippen LogP contribution in [0.1, 0.15) is 55.6 Å². The minimum absolute atomic E-state index is 0.106. The number of Topliss-reactive ketones (excluding diaryl/α,β-unsaturated/α-hetero) is 1. The van der Waals surface area contributed by atoms with Crippen molar-refractivity contribution in [3.63, 3.8) is 0 Å². The Balaban J connectivity index is 1.94. The van der Waals surface area contributed by atoms with Crippen molar-refractivity contribution in [2.45, 2.75) is 52.7 Å². The van der Waals surface area contributed by atoms with E-state index in [2.05, 4.69) is 19.9 Å². The summed E-state index contributed by atoms with van der Waals surface area (Å²) >= 11 is 0. The van der Waals surface area contributed by atoms with Crippen molar-refractivity contribution in [3.8, 4) is 11.5 Å². The molecule has 0 atom stereocenters. The lowest BCUT2D eigenvalue weighted by Gasteiger charge is -2.32. The molecule has 1 aliphatic heterocycles. The maximum absolute atomic E-state index is 12.6. The van der Waals surface area contributed by atoms with Crippen LogP contribution in [-0.2, 0) is 13.0 Å². The van der Waals surface area contributed by atoms with Crippen LogP contribution in [0.3, 0.4) is 0 Å². The first kappa shape index (κ1) is 18.2. The highest BCUT2D eigenvalue weighted by Gasteiger charge is 2.33. The van der Waals surface area contributed by atoms with Gasteiger partial charge in [0.15, 0.2) is 5.78 Å². The molecule has 2 aromatic rings. The van der Waals surface area contributed by atoms with E-state index in [9.17, 15) is 4.79 Å². The molecule has 0 radical (unpaired) electrons. The molecule has 0 saturated carbocycles. The standard InChI is InChI=1S/C23H26O3/c1-16(2)10-11-18-12-22-19(20(24)14-23(3,4)26-22)13-21(18)25-15-17-8-6-5-7-9-17/h5-10,12-13H,11,14-15H2,1-4H3. The highest BCUT2D eigenvalue weighted by Crippen LogP contribution is 2.38. The lowest BCUT2D eigenvalue weighted by atomic mass is 9.91. The van der Waals surface area contributed by atoms with Crippen molar-refractivity contribution >= 4 is 5.78 Å². The Morgan fingerprint density at radius 3 is 2.62 bits per heavy atom. The summed E-state index contributed by atoms with van der Waals surface area (Å²) in [6.45, 7) is 8.52. The first-order valence-electron chi connectivity index (χ1n) is 9.03. The van der Waals surface area contributed by atoms with Crippen LogP contribution in [0.2, 0.25) is 0 Å². The number of benzene rings is 2.